The van der Waals surface area contributed by atoms with Crippen molar-refractivity contribution < 1.29 is 23.7 Å². The molecule has 0 aliphatic heterocycles. The third-order valence-corrected chi connectivity index (χ3v) is 5.05. The number of hydrogen-bond acceptors (Lipinski definition) is 7. The van der Waals surface area contributed by atoms with Crippen LogP contribution in [0.15, 0.2) is 83.0 Å². The first-order valence-electron chi connectivity index (χ1n) is 11.3. The van der Waals surface area contributed by atoms with Crippen molar-refractivity contribution in [2.75, 3.05) is 27.4 Å². The van der Waals surface area contributed by atoms with E-state index in [4.69, 9.17) is 18.9 Å². The molecule has 0 saturated carbocycles. The molecule has 3 aromatic rings. The van der Waals surface area contributed by atoms with Crippen molar-refractivity contribution in [2.24, 2.45) is 10.2 Å². The second-order valence-electron chi connectivity index (χ2n) is 7.49. The van der Waals surface area contributed by atoms with Gasteiger partial charge in [0.2, 0.25) is 0 Å². The molecule has 0 atom stereocenters. The van der Waals surface area contributed by atoms with Gasteiger partial charge >= 0.3 is 5.97 Å². The van der Waals surface area contributed by atoms with Gasteiger partial charge in [0.1, 0.15) is 22.8 Å². The summed E-state index contributed by atoms with van der Waals surface area (Å²) < 4.78 is 21.5. The van der Waals surface area contributed by atoms with Gasteiger partial charge in [0, 0.05) is 0 Å². The summed E-state index contributed by atoms with van der Waals surface area (Å²) in [5.74, 6) is 1.77. The van der Waals surface area contributed by atoms with Crippen LogP contribution in [0.4, 0.5) is 11.4 Å². The molecule has 34 heavy (non-hydrogen) atoms. The fraction of sp³-hybridized carbons (Fsp3) is 0.296. The Morgan fingerprint density at radius 2 is 1.24 bits per heavy atom. The maximum absolute atomic E-state index is 11.8. The molecule has 0 fully saturated rings. The predicted octanol–water partition coefficient (Wildman–Crippen LogP) is 6.92. The first kappa shape index (κ1) is 24.8. The van der Waals surface area contributed by atoms with E-state index in [1.54, 1.807) is 25.3 Å². The molecule has 3 aromatic carbocycles. The molecule has 178 valence electrons. The lowest BCUT2D eigenvalue weighted by Crippen LogP contribution is -2.06. The number of para-hydroxylation sites is 1. The fourth-order valence-electron chi connectivity index (χ4n) is 3.17. The molecule has 7 heteroatoms. The van der Waals surface area contributed by atoms with E-state index < -0.39 is 0 Å². The number of carbonyl (C=O) groups excluding carboxylic acids is 1. The molecule has 0 N–H and O–H groups in total. The zero-order chi connectivity index (χ0) is 24.0. The van der Waals surface area contributed by atoms with Gasteiger partial charge in [-0.2, -0.15) is 10.2 Å². The van der Waals surface area contributed by atoms with Gasteiger partial charge in [-0.3, -0.25) is 0 Å². The largest absolute Gasteiger partial charge is 0.497 e. The third-order valence-electron chi connectivity index (χ3n) is 5.05. The van der Waals surface area contributed by atoms with E-state index in [1.807, 2.05) is 54.6 Å². The number of carbonyl (C=O) groups is 1. The monoisotopic (exact) mass is 462 g/mol. The first-order chi connectivity index (χ1) is 16.7. The number of esters is 1. The Morgan fingerprint density at radius 1 is 0.676 bits per heavy atom. The van der Waals surface area contributed by atoms with Crippen molar-refractivity contribution in [3.8, 4) is 17.2 Å². The Balaban J connectivity index is 1.30. The molecule has 0 aliphatic carbocycles. The minimum atomic E-state index is -0.388. The van der Waals surface area contributed by atoms with Crippen LogP contribution >= 0.6 is 0 Å². The molecule has 3 rings (SSSR count). The molecule has 7 nitrogen and oxygen atoms in total. The minimum absolute atomic E-state index is 0.388. The highest BCUT2D eigenvalue weighted by atomic mass is 16.5. The van der Waals surface area contributed by atoms with Gasteiger partial charge in [-0.05, 0) is 86.3 Å². The number of ether oxygens (including phenoxy) is 4. The number of azo groups is 1. The Kier molecular flexibility index (Phi) is 9.93. The van der Waals surface area contributed by atoms with E-state index in [0.29, 0.717) is 24.5 Å². The smallest absolute Gasteiger partial charge is 0.341 e. The van der Waals surface area contributed by atoms with Gasteiger partial charge < -0.3 is 18.9 Å². The van der Waals surface area contributed by atoms with Crippen molar-refractivity contribution in [2.45, 2.75) is 25.7 Å². The quantitative estimate of drug-likeness (QED) is 0.157. The van der Waals surface area contributed by atoms with E-state index in [9.17, 15) is 4.79 Å². The van der Waals surface area contributed by atoms with Crippen LogP contribution in [0.2, 0.25) is 0 Å². The summed E-state index contributed by atoms with van der Waals surface area (Å²) in [5.41, 5.74) is 1.97. The molecule has 0 aromatic heterocycles. The highest BCUT2D eigenvalue weighted by Crippen LogP contribution is 2.23. The summed E-state index contributed by atoms with van der Waals surface area (Å²) in [4.78, 5) is 11.8. The molecule has 0 radical (unpaired) electrons. The summed E-state index contributed by atoms with van der Waals surface area (Å²) in [6, 6.07) is 22.1. The Morgan fingerprint density at radius 3 is 1.82 bits per heavy atom. The van der Waals surface area contributed by atoms with Crippen LogP contribution in [0.1, 0.15) is 36.0 Å². The maximum atomic E-state index is 11.8. The maximum Gasteiger partial charge on any atom is 0.341 e. The molecular weight excluding hydrogens is 432 g/mol. The molecule has 0 saturated heterocycles. The molecule has 0 unspecified atom stereocenters. The van der Waals surface area contributed by atoms with Crippen LogP contribution in [0.5, 0.6) is 17.2 Å². The van der Waals surface area contributed by atoms with E-state index in [2.05, 4.69) is 10.2 Å². The fourth-order valence-corrected chi connectivity index (χ4v) is 3.17. The van der Waals surface area contributed by atoms with Gasteiger partial charge in [-0.1, -0.05) is 12.1 Å². The number of hydrogen-bond donors (Lipinski definition) is 0. The summed E-state index contributed by atoms with van der Waals surface area (Å²) in [6.45, 7) is 1.21. The molecule has 0 heterocycles. The highest BCUT2D eigenvalue weighted by Gasteiger charge is 2.11. The van der Waals surface area contributed by atoms with E-state index in [-0.39, 0.29) is 5.97 Å². The van der Waals surface area contributed by atoms with Gasteiger partial charge in [-0.25, -0.2) is 4.79 Å². The number of rotatable bonds is 13. The van der Waals surface area contributed by atoms with Crippen molar-refractivity contribution in [3.05, 3.63) is 78.4 Å². The molecule has 0 spiro atoms. The summed E-state index contributed by atoms with van der Waals surface area (Å²) in [7, 11) is 3.00. The third kappa shape index (κ3) is 7.92. The number of benzene rings is 3. The molecule has 0 aliphatic rings. The number of methoxy groups -OCH3 is 2. The molecule has 0 bridgehead atoms. The lowest BCUT2D eigenvalue weighted by atomic mass is 10.2. The van der Waals surface area contributed by atoms with Gasteiger partial charge in [0.25, 0.3) is 0 Å². The average molecular weight is 463 g/mol. The number of unbranched alkanes of at least 4 members (excludes halogenated alkanes) is 3. The van der Waals surface area contributed by atoms with Crippen molar-refractivity contribution in [1.29, 1.82) is 0 Å². The topological polar surface area (TPSA) is 78.7 Å². The minimum Gasteiger partial charge on any atom is -0.497 e. The van der Waals surface area contributed by atoms with Gasteiger partial charge in [0.05, 0.1) is 38.8 Å². The zero-order valence-electron chi connectivity index (χ0n) is 19.6. The van der Waals surface area contributed by atoms with Crippen molar-refractivity contribution in [1.82, 2.24) is 0 Å². The van der Waals surface area contributed by atoms with Gasteiger partial charge in [-0.15, -0.1) is 0 Å². The lowest BCUT2D eigenvalue weighted by molar-refractivity contribution is 0.0596. The van der Waals surface area contributed by atoms with Crippen LogP contribution in [-0.4, -0.2) is 33.4 Å². The van der Waals surface area contributed by atoms with Crippen LogP contribution in [0.3, 0.4) is 0 Å². The van der Waals surface area contributed by atoms with Gasteiger partial charge in [0.15, 0.2) is 0 Å². The van der Waals surface area contributed by atoms with Crippen LogP contribution in [-0.2, 0) is 4.74 Å². The van der Waals surface area contributed by atoms with Crippen LogP contribution in [0.25, 0.3) is 0 Å². The first-order valence-corrected chi connectivity index (χ1v) is 11.3. The molecular formula is C27H30N2O5. The van der Waals surface area contributed by atoms with E-state index in [0.717, 1.165) is 48.6 Å². The Hall–Kier alpha value is -3.87. The Bertz CT molecular complexity index is 1050. The average Bonchev–Trinajstić information content (AvgIpc) is 2.89. The SMILES string of the molecule is COC(=O)c1ccccc1OCCCCCCOc1ccc(N=Nc2ccc(OC)cc2)cc1. The van der Waals surface area contributed by atoms with E-state index in [1.165, 1.54) is 7.11 Å². The zero-order valence-corrected chi connectivity index (χ0v) is 19.6. The lowest BCUT2D eigenvalue weighted by Gasteiger charge is -2.10. The van der Waals surface area contributed by atoms with Crippen LogP contribution in [0, 0.1) is 0 Å². The van der Waals surface area contributed by atoms with Crippen molar-refractivity contribution in [3.63, 3.8) is 0 Å². The van der Waals surface area contributed by atoms with E-state index >= 15 is 0 Å². The number of nitrogens with zero attached hydrogens (tertiary/aromatic N) is 2. The standard InChI is InChI=1S/C27H30N2O5/c1-31-23-15-11-21(12-16-23)28-29-22-13-17-24(18-14-22)33-19-7-3-4-8-20-34-26-10-6-5-9-25(26)27(30)32-2/h5-6,9-18H,3-4,7-8,19-20H2,1-2H3. The highest BCUT2D eigenvalue weighted by molar-refractivity contribution is 5.92. The second-order valence-corrected chi connectivity index (χ2v) is 7.49. The summed E-state index contributed by atoms with van der Waals surface area (Å²) >= 11 is 0. The second kappa shape index (κ2) is 13.6. The normalized spacial score (nSPS) is 10.8. The summed E-state index contributed by atoms with van der Waals surface area (Å²) in [6.07, 6.45) is 3.92. The Labute approximate surface area is 200 Å². The molecule has 0 amide bonds. The summed E-state index contributed by atoms with van der Waals surface area (Å²) in [5, 5.41) is 8.47. The predicted molar refractivity (Wildman–Crippen MR) is 131 cm³/mol. The van der Waals surface area contributed by atoms with Crippen LogP contribution < -0.4 is 14.2 Å². The van der Waals surface area contributed by atoms with Crippen molar-refractivity contribution >= 4 is 17.3 Å².